The van der Waals surface area contributed by atoms with E-state index in [-0.39, 0.29) is 17.4 Å². The Morgan fingerprint density at radius 1 is 1.17 bits per heavy atom. The highest BCUT2D eigenvalue weighted by Gasteiger charge is 2.14. The number of alkyl halides is 2. The fourth-order valence-corrected chi connectivity index (χ4v) is 2.20. The molecule has 4 nitrogen and oxygen atoms in total. The first-order valence-electron chi connectivity index (χ1n) is 7.15. The maximum absolute atomic E-state index is 12.3. The zero-order valence-electron chi connectivity index (χ0n) is 12.9. The molecule has 1 amide bonds. The van der Waals surface area contributed by atoms with Crippen LogP contribution in [-0.2, 0) is 6.42 Å². The molecule has 0 aliphatic rings. The van der Waals surface area contributed by atoms with Crippen LogP contribution in [0.15, 0.2) is 42.5 Å². The van der Waals surface area contributed by atoms with E-state index in [1.54, 1.807) is 12.1 Å². The van der Waals surface area contributed by atoms with Gasteiger partial charge in [-0.05, 0) is 42.3 Å². The summed E-state index contributed by atoms with van der Waals surface area (Å²) in [6.45, 7) is -2.53. The minimum absolute atomic E-state index is 0.0700. The van der Waals surface area contributed by atoms with Gasteiger partial charge in [-0.3, -0.25) is 4.79 Å². The first kappa shape index (κ1) is 18.0. The number of nitrogens with one attached hydrogen (secondary N) is 1. The summed E-state index contributed by atoms with van der Waals surface area (Å²) in [6.07, 6.45) is 0.645. The average Bonchev–Trinajstić information content (AvgIpc) is 2.56. The Morgan fingerprint density at radius 3 is 2.50 bits per heavy atom. The fourth-order valence-electron chi connectivity index (χ4n) is 2.08. The van der Waals surface area contributed by atoms with Gasteiger partial charge in [0, 0.05) is 17.1 Å². The first-order valence-corrected chi connectivity index (χ1v) is 7.53. The summed E-state index contributed by atoms with van der Waals surface area (Å²) in [5.74, 6) is -0.378. The molecular formula is C17H16ClF2NO3. The quantitative estimate of drug-likeness (QED) is 0.818. The number of hydrogen-bond donors (Lipinski definition) is 1. The lowest BCUT2D eigenvalue weighted by molar-refractivity contribution is -0.0512. The van der Waals surface area contributed by atoms with Crippen molar-refractivity contribution in [2.45, 2.75) is 13.0 Å². The normalized spacial score (nSPS) is 10.5. The van der Waals surface area contributed by atoms with E-state index in [9.17, 15) is 13.6 Å². The monoisotopic (exact) mass is 355 g/mol. The molecule has 2 aromatic rings. The molecule has 128 valence electrons. The molecule has 7 heteroatoms. The van der Waals surface area contributed by atoms with Gasteiger partial charge in [0.2, 0.25) is 0 Å². The molecule has 0 aliphatic carbocycles. The highest BCUT2D eigenvalue weighted by atomic mass is 35.5. The van der Waals surface area contributed by atoms with Gasteiger partial charge in [0.1, 0.15) is 0 Å². The number of carbonyl (C=O) groups is 1. The van der Waals surface area contributed by atoms with Gasteiger partial charge in [-0.1, -0.05) is 23.7 Å². The lowest BCUT2D eigenvalue weighted by Gasteiger charge is -2.11. The molecule has 0 saturated carbocycles. The Morgan fingerprint density at radius 2 is 1.88 bits per heavy atom. The first-order chi connectivity index (χ1) is 11.5. The Bertz CT molecular complexity index is 693. The SMILES string of the molecule is COc1cc(C(=O)NCCc2ccc(Cl)cc2)ccc1OC(F)F. The van der Waals surface area contributed by atoms with Gasteiger partial charge in [0.05, 0.1) is 7.11 Å². The summed E-state index contributed by atoms with van der Waals surface area (Å²) < 4.78 is 33.9. The predicted molar refractivity (Wildman–Crippen MR) is 87.1 cm³/mol. The zero-order valence-corrected chi connectivity index (χ0v) is 13.6. The zero-order chi connectivity index (χ0) is 17.5. The fraction of sp³-hybridized carbons (Fsp3) is 0.235. The standard InChI is InChI=1S/C17H16ClF2NO3/c1-23-15-10-12(4-7-14(15)24-17(19)20)16(22)21-9-8-11-2-5-13(18)6-3-11/h2-7,10,17H,8-9H2,1H3,(H,21,22). The van der Waals surface area contributed by atoms with Crippen LogP contribution in [0.25, 0.3) is 0 Å². The van der Waals surface area contributed by atoms with E-state index >= 15 is 0 Å². The van der Waals surface area contributed by atoms with Crippen LogP contribution in [-0.4, -0.2) is 26.2 Å². The van der Waals surface area contributed by atoms with E-state index in [1.807, 2.05) is 12.1 Å². The molecule has 0 bridgehead atoms. The van der Waals surface area contributed by atoms with Gasteiger partial charge >= 0.3 is 6.61 Å². The van der Waals surface area contributed by atoms with Crippen LogP contribution in [0.3, 0.4) is 0 Å². The van der Waals surface area contributed by atoms with Crippen molar-refractivity contribution in [1.82, 2.24) is 5.32 Å². The van der Waals surface area contributed by atoms with Crippen molar-refractivity contribution in [1.29, 1.82) is 0 Å². The predicted octanol–water partition coefficient (Wildman–Crippen LogP) is 3.92. The summed E-state index contributed by atoms with van der Waals surface area (Å²) in [6, 6.07) is 11.4. The Kier molecular flexibility index (Phi) is 6.37. The van der Waals surface area contributed by atoms with Gasteiger partial charge in [0.15, 0.2) is 11.5 Å². The molecule has 0 radical (unpaired) electrons. The van der Waals surface area contributed by atoms with Crippen molar-refractivity contribution in [3.05, 3.63) is 58.6 Å². The van der Waals surface area contributed by atoms with Crippen LogP contribution in [0.4, 0.5) is 8.78 Å². The van der Waals surface area contributed by atoms with Crippen molar-refractivity contribution in [2.24, 2.45) is 0 Å². The lowest BCUT2D eigenvalue weighted by Crippen LogP contribution is -2.25. The maximum Gasteiger partial charge on any atom is 0.387 e. The van der Waals surface area contributed by atoms with Crippen molar-refractivity contribution >= 4 is 17.5 Å². The summed E-state index contributed by atoms with van der Waals surface area (Å²) in [5, 5.41) is 3.41. The van der Waals surface area contributed by atoms with Crippen molar-refractivity contribution in [2.75, 3.05) is 13.7 Å². The second kappa shape index (κ2) is 8.49. The molecule has 2 aromatic carbocycles. The van der Waals surface area contributed by atoms with Gasteiger partial charge in [-0.2, -0.15) is 8.78 Å². The third kappa shape index (κ3) is 5.09. The third-order valence-electron chi connectivity index (χ3n) is 3.25. The number of hydrogen-bond acceptors (Lipinski definition) is 3. The minimum atomic E-state index is -2.96. The number of rotatable bonds is 7. The van der Waals surface area contributed by atoms with Crippen molar-refractivity contribution in [3.63, 3.8) is 0 Å². The van der Waals surface area contributed by atoms with Crippen LogP contribution in [0.5, 0.6) is 11.5 Å². The Balaban J connectivity index is 1.95. The molecule has 0 unspecified atom stereocenters. The maximum atomic E-state index is 12.3. The van der Waals surface area contributed by atoms with E-state index in [0.717, 1.165) is 5.56 Å². The molecule has 0 spiro atoms. The van der Waals surface area contributed by atoms with E-state index in [2.05, 4.69) is 10.1 Å². The number of halogens is 3. The molecule has 0 aliphatic heterocycles. The van der Waals surface area contributed by atoms with Gasteiger partial charge < -0.3 is 14.8 Å². The molecule has 0 atom stereocenters. The van der Waals surface area contributed by atoms with E-state index in [0.29, 0.717) is 23.6 Å². The smallest absolute Gasteiger partial charge is 0.387 e. The van der Waals surface area contributed by atoms with Crippen molar-refractivity contribution < 1.29 is 23.0 Å². The summed E-state index contributed by atoms with van der Waals surface area (Å²) in [4.78, 5) is 12.1. The molecule has 2 rings (SSSR count). The second-order valence-corrected chi connectivity index (χ2v) is 5.31. The molecule has 0 aromatic heterocycles. The highest BCUT2D eigenvalue weighted by Crippen LogP contribution is 2.29. The molecule has 0 heterocycles. The van der Waals surface area contributed by atoms with Crippen LogP contribution < -0.4 is 14.8 Å². The molecule has 0 fully saturated rings. The largest absolute Gasteiger partial charge is 0.493 e. The van der Waals surface area contributed by atoms with Crippen molar-refractivity contribution in [3.8, 4) is 11.5 Å². The number of ether oxygens (including phenoxy) is 2. The Hall–Kier alpha value is -2.34. The second-order valence-electron chi connectivity index (χ2n) is 4.88. The van der Waals surface area contributed by atoms with Crippen LogP contribution in [0.1, 0.15) is 15.9 Å². The summed E-state index contributed by atoms with van der Waals surface area (Å²) in [5.41, 5.74) is 1.34. The topological polar surface area (TPSA) is 47.6 Å². The lowest BCUT2D eigenvalue weighted by atomic mass is 10.1. The molecular weight excluding hydrogens is 340 g/mol. The van der Waals surface area contributed by atoms with Gasteiger partial charge in [-0.25, -0.2) is 0 Å². The van der Waals surface area contributed by atoms with Crippen LogP contribution >= 0.6 is 11.6 Å². The highest BCUT2D eigenvalue weighted by molar-refractivity contribution is 6.30. The summed E-state index contributed by atoms with van der Waals surface area (Å²) >= 11 is 5.81. The number of amides is 1. The number of benzene rings is 2. The summed E-state index contributed by atoms with van der Waals surface area (Å²) in [7, 11) is 1.32. The van der Waals surface area contributed by atoms with E-state index < -0.39 is 6.61 Å². The Labute approximate surface area is 143 Å². The van der Waals surface area contributed by atoms with Gasteiger partial charge in [0.25, 0.3) is 5.91 Å². The third-order valence-corrected chi connectivity index (χ3v) is 3.51. The molecule has 24 heavy (non-hydrogen) atoms. The molecule has 0 saturated heterocycles. The molecule has 1 N–H and O–H groups in total. The van der Waals surface area contributed by atoms with Gasteiger partial charge in [-0.15, -0.1) is 0 Å². The van der Waals surface area contributed by atoms with E-state index in [4.69, 9.17) is 16.3 Å². The number of methoxy groups -OCH3 is 1. The average molecular weight is 356 g/mol. The van der Waals surface area contributed by atoms with Crippen LogP contribution in [0, 0.1) is 0 Å². The van der Waals surface area contributed by atoms with Crippen LogP contribution in [0.2, 0.25) is 5.02 Å². The number of carbonyl (C=O) groups excluding carboxylic acids is 1. The minimum Gasteiger partial charge on any atom is -0.493 e. The van der Waals surface area contributed by atoms with E-state index in [1.165, 1.54) is 25.3 Å².